The average molecular weight is 120 g/mol. The molecular formula is C4H2ClLiN2. The van der Waals surface area contributed by atoms with Gasteiger partial charge in [-0.3, -0.25) is 0 Å². The molecule has 0 aliphatic heterocycles. The summed E-state index contributed by atoms with van der Waals surface area (Å²) in [6, 6.07) is 0. The van der Waals surface area contributed by atoms with E-state index in [0.717, 1.165) is 4.37 Å². The zero-order valence-electron chi connectivity index (χ0n) is 4.43. The van der Waals surface area contributed by atoms with Crippen molar-refractivity contribution >= 4 is 33.7 Å². The Balaban J connectivity index is 3.13. The molecule has 0 bridgehead atoms. The minimum absolute atomic E-state index is 0.479. The van der Waals surface area contributed by atoms with Crippen molar-refractivity contribution in [1.82, 2.24) is 9.97 Å². The van der Waals surface area contributed by atoms with Crippen molar-refractivity contribution in [3.05, 3.63) is 17.5 Å². The molecule has 0 radical (unpaired) electrons. The van der Waals surface area contributed by atoms with E-state index >= 15 is 0 Å². The maximum atomic E-state index is 5.54. The topological polar surface area (TPSA) is 25.8 Å². The van der Waals surface area contributed by atoms with Gasteiger partial charge in [0.2, 0.25) is 0 Å². The first-order chi connectivity index (χ1) is 3.80. The third kappa shape index (κ3) is 1.22. The second-order valence-corrected chi connectivity index (χ2v) is 1.79. The molecule has 0 fully saturated rings. The van der Waals surface area contributed by atoms with Crippen molar-refractivity contribution < 1.29 is 0 Å². The molecule has 0 aromatic carbocycles. The normalized spacial score (nSPS) is 9.38. The van der Waals surface area contributed by atoms with Crippen LogP contribution in [0.5, 0.6) is 0 Å². The van der Waals surface area contributed by atoms with Gasteiger partial charge >= 0.3 is 61.2 Å². The van der Waals surface area contributed by atoms with E-state index in [-0.39, 0.29) is 0 Å². The molecule has 4 heteroatoms. The van der Waals surface area contributed by atoms with Gasteiger partial charge in [-0.2, -0.15) is 0 Å². The molecule has 0 N–H and O–H groups in total. The van der Waals surface area contributed by atoms with Crippen molar-refractivity contribution in [3.63, 3.8) is 0 Å². The van der Waals surface area contributed by atoms with Crippen molar-refractivity contribution in [3.8, 4) is 0 Å². The summed E-state index contributed by atoms with van der Waals surface area (Å²) in [5.41, 5.74) is 0. The molecule has 2 nitrogen and oxygen atoms in total. The number of hydrogen-bond acceptors (Lipinski definition) is 2. The van der Waals surface area contributed by atoms with E-state index in [9.17, 15) is 0 Å². The molecule has 0 aliphatic rings. The SMILES string of the molecule is [Li][c]1nccnc1Cl. The summed E-state index contributed by atoms with van der Waals surface area (Å²) < 4.78 is 0.772. The Kier molecular flexibility index (Phi) is 1.90. The first-order valence-electron chi connectivity index (χ1n) is 2.24. The van der Waals surface area contributed by atoms with Crippen molar-refractivity contribution in [1.29, 1.82) is 0 Å². The Labute approximate surface area is 61.5 Å². The summed E-state index contributed by atoms with van der Waals surface area (Å²) in [7, 11) is 0. The summed E-state index contributed by atoms with van der Waals surface area (Å²) in [5, 5.41) is 0.479. The van der Waals surface area contributed by atoms with Crippen LogP contribution in [0.15, 0.2) is 12.4 Å². The molecule has 36 valence electrons. The molecule has 1 aromatic rings. The molecule has 0 amide bonds. The first kappa shape index (κ1) is 6.09. The van der Waals surface area contributed by atoms with Gasteiger partial charge in [-0.05, 0) is 0 Å². The van der Waals surface area contributed by atoms with E-state index in [1.807, 2.05) is 17.7 Å². The molecule has 1 heterocycles. The van der Waals surface area contributed by atoms with E-state index in [0.29, 0.717) is 5.15 Å². The Morgan fingerprint density at radius 3 is 2.38 bits per heavy atom. The predicted molar refractivity (Wildman–Crippen MR) is 32.4 cm³/mol. The molecule has 0 spiro atoms. The van der Waals surface area contributed by atoms with Crippen molar-refractivity contribution in [2.45, 2.75) is 0 Å². The van der Waals surface area contributed by atoms with Gasteiger partial charge < -0.3 is 0 Å². The molecule has 0 saturated carbocycles. The Hall–Kier alpha value is -0.0326. The first-order valence-corrected chi connectivity index (χ1v) is 2.61. The third-order valence-electron chi connectivity index (χ3n) is 0.821. The zero-order chi connectivity index (χ0) is 5.98. The van der Waals surface area contributed by atoms with Crippen molar-refractivity contribution in [2.24, 2.45) is 0 Å². The number of halogens is 1. The summed E-state index contributed by atoms with van der Waals surface area (Å²) in [6.45, 7) is 0. The van der Waals surface area contributed by atoms with Crippen LogP contribution in [0.2, 0.25) is 5.15 Å². The Bertz CT molecular complexity index is 170. The summed E-state index contributed by atoms with van der Waals surface area (Å²) in [6.07, 6.45) is 3.18. The van der Waals surface area contributed by atoms with Crippen molar-refractivity contribution in [2.75, 3.05) is 0 Å². The fraction of sp³-hybridized carbons (Fsp3) is 0. The summed E-state index contributed by atoms with van der Waals surface area (Å²) >= 11 is 7.35. The zero-order valence-corrected chi connectivity index (χ0v) is 5.18. The quantitative estimate of drug-likeness (QED) is 0.448. The molecule has 0 saturated heterocycles. The van der Waals surface area contributed by atoms with Crippen LogP contribution in [0.1, 0.15) is 0 Å². The van der Waals surface area contributed by atoms with Gasteiger partial charge in [0.25, 0.3) is 0 Å². The molecule has 0 aliphatic carbocycles. The van der Waals surface area contributed by atoms with E-state index < -0.39 is 0 Å². The molecule has 1 rings (SSSR count). The number of nitrogens with zero attached hydrogens (tertiary/aromatic N) is 2. The van der Waals surface area contributed by atoms with Crippen LogP contribution in [-0.4, -0.2) is 27.7 Å². The van der Waals surface area contributed by atoms with E-state index in [1.165, 1.54) is 0 Å². The van der Waals surface area contributed by atoms with Gasteiger partial charge in [-0.15, -0.1) is 0 Å². The average Bonchev–Trinajstić information content (AvgIpc) is 1.77. The number of hydrogen-bond donors (Lipinski definition) is 0. The second-order valence-electron chi connectivity index (χ2n) is 1.43. The van der Waals surface area contributed by atoms with Gasteiger partial charge in [0.05, 0.1) is 0 Å². The van der Waals surface area contributed by atoms with Crippen LogP contribution in [0.25, 0.3) is 0 Å². The van der Waals surface area contributed by atoms with E-state index in [4.69, 9.17) is 11.6 Å². The molecule has 1 aromatic heterocycles. The van der Waals surface area contributed by atoms with Crippen LogP contribution >= 0.6 is 11.6 Å². The fourth-order valence-electron chi connectivity index (χ4n) is 0.391. The van der Waals surface area contributed by atoms with Gasteiger partial charge in [-0.25, -0.2) is 0 Å². The molecule has 8 heavy (non-hydrogen) atoms. The van der Waals surface area contributed by atoms with Crippen LogP contribution in [0.4, 0.5) is 0 Å². The second kappa shape index (κ2) is 2.50. The summed E-state index contributed by atoms with van der Waals surface area (Å²) in [4.78, 5) is 7.67. The van der Waals surface area contributed by atoms with Gasteiger partial charge in [0.15, 0.2) is 0 Å². The molecule has 0 atom stereocenters. The Morgan fingerprint density at radius 1 is 1.38 bits per heavy atom. The predicted octanol–water partition coefficient (Wildman–Crippen LogP) is -0.0762. The Morgan fingerprint density at radius 2 is 2.00 bits per heavy atom. The standard InChI is InChI=1S/C4H2ClN2.Li/c5-4-3-6-1-2-7-4;/h1-2H;. The molecular weight excluding hydrogens is 118 g/mol. The molecule has 0 unspecified atom stereocenters. The van der Waals surface area contributed by atoms with Gasteiger partial charge in [-0.1, -0.05) is 0 Å². The van der Waals surface area contributed by atoms with Gasteiger partial charge in [0.1, 0.15) is 0 Å². The van der Waals surface area contributed by atoms with Crippen LogP contribution < -0.4 is 4.37 Å². The minimum atomic E-state index is 0.479. The number of aromatic nitrogens is 2. The van der Waals surface area contributed by atoms with Crippen LogP contribution in [0, 0.1) is 0 Å². The number of rotatable bonds is 0. The van der Waals surface area contributed by atoms with E-state index in [1.54, 1.807) is 12.4 Å². The third-order valence-corrected chi connectivity index (χ3v) is 1.19. The monoisotopic (exact) mass is 120 g/mol. The fourth-order valence-corrected chi connectivity index (χ4v) is 0.496. The van der Waals surface area contributed by atoms with Crippen LogP contribution in [-0.2, 0) is 0 Å². The van der Waals surface area contributed by atoms with Gasteiger partial charge in [0, 0.05) is 0 Å². The summed E-state index contributed by atoms with van der Waals surface area (Å²) in [5.74, 6) is 0. The maximum absolute atomic E-state index is 5.54. The van der Waals surface area contributed by atoms with E-state index in [2.05, 4.69) is 9.97 Å². The van der Waals surface area contributed by atoms with Crippen LogP contribution in [0.3, 0.4) is 0 Å².